The minimum absolute atomic E-state index is 0.0844. The van der Waals surface area contributed by atoms with E-state index >= 15 is 0 Å². The van der Waals surface area contributed by atoms with Crippen molar-refractivity contribution >= 4 is 0 Å². The van der Waals surface area contributed by atoms with Gasteiger partial charge in [0, 0.05) is 12.1 Å². The Morgan fingerprint density at radius 2 is 2.05 bits per heavy atom. The van der Waals surface area contributed by atoms with Crippen molar-refractivity contribution in [2.45, 2.75) is 46.3 Å². The topological polar surface area (TPSA) is 37.6 Å². The van der Waals surface area contributed by atoms with Gasteiger partial charge in [0.05, 0.1) is 26.3 Å². The first-order valence-electron chi connectivity index (χ1n) is 7.58. The van der Waals surface area contributed by atoms with E-state index in [0.717, 1.165) is 50.9 Å². The Bertz CT molecular complexity index is 412. The van der Waals surface area contributed by atoms with Gasteiger partial charge in [0.2, 0.25) is 0 Å². The van der Waals surface area contributed by atoms with Crippen LogP contribution < -0.4 is 5.32 Å². The minimum Gasteiger partial charge on any atom is -0.463 e. The summed E-state index contributed by atoms with van der Waals surface area (Å²) in [5.41, 5.74) is 0.0844. The molecule has 0 aliphatic carbocycles. The van der Waals surface area contributed by atoms with Crippen LogP contribution in [0.2, 0.25) is 0 Å². The quantitative estimate of drug-likeness (QED) is 0.869. The van der Waals surface area contributed by atoms with Crippen molar-refractivity contribution in [3.05, 3.63) is 23.7 Å². The Kier molecular flexibility index (Phi) is 5.24. The lowest BCUT2D eigenvalue weighted by Crippen LogP contribution is -2.52. The Hall–Kier alpha value is -0.840. The van der Waals surface area contributed by atoms with Crippen LogP contribution in [0.5, 0.6) is 0 Å². The van der Waals surface area contributed by atoms with Crippen LogP contribution in [0.3, 0.4) is 0 Å². The molecule has 0 aromatic carbocycles. The van der Waals surface area contributed by atoms with Crippen LogP contribution in [0.4, 0.5) is 0 Å². The van der Waals surface area contributed by atoms with Gasteiger partial charge in [0.1, 0.15) is 11.5 Å². The number of morpholine rings is 1. The van der Waals surface area contributed by atoms with Crippen molar-refractivity contribution in [2.75, 3.05) is 26.3 Å². The number of ether oxygens (including phenoxy) is 1. The molecule has 1 aliphatic heterocycles. The molecular formula is C16H28N2O2. The lowest BCUT2D eigenvalue weighted by atomic mass is 10.0. The van der Waals surface area contributed by atoms with Crippen LogP contribution in [0.1, 0.15) is 39.2 Å². The molecule has 1 fully saturated rings. The molecule has 1 saturated heterocycles. The number of furan rings is 1. The fraction of sp³-hybridized carbons (Fsp3) is 0.750. The SMILES string of the molecule is CC(C)CNCc1ccc(CN2CCOCC2(C)C)o1. The second kappa shape index (κ2) is 6.74. The molecule has 1 aromatic rings. The third-order valence-corrected chi connectivity index (χ3v) is 3.73. The fourth-order valence-electron chi connectivity index (χ4n) is 2.46. The van der Waals surface area contributed by atoms with Gasteiger partial charge in [-0.3, -0.25) is 4.90 Å². The summed E-state index contributed by atoms with van der Waals surface area (Å²) in [5, 5.41) is 3.41. The van der Waals surface area contributed by atoms with E-state index in [-0.39, 0.29) is 5.54 Å². The van der Waals surface area contributed by atoms with Crippen LogP contribution in [-0.2, 0) is 17.8 Å². The van der Waals surface area contributed by atoms with Crippen LogP contribution in [0.25, 0.3) is 0 Å². The highest BCUT2D eigenvalue weighted by molar-refractivity contribution is 5.08. The standard InChI is InChI=1S/C16H28N2O2/c1-13(2)9-17-10-14-5-6-15(20-14)11-18-7-8-19-12-16(18,3)4/h5-6,13,17H,7-12H2,1-4H3. The molecule has 0 spiro atoms. The van der Waals surface area contributed by atoms with Gasteiger partial charge in [-0.1, -0.05) is 13.8 Å². The van der Waals surface area contributed by atoms with Crippen molar-refractivity contribution in [1.82, 2.24) is 10.2 Å². The van der Waals surface area contributed by atoms with E-state index in [4.69, 9.17) is 9.15 Å². The molecule has 0 saturated carbocycles. The first kappa shape index (κ1) is 15.5. The van der Waals surface area contributed by atoms with Gasteiger partial charge >= 0.3 is 0 Å². The summed E-state index contributed by atoms with van der Waals surface area (Å²) in [6.45, 7) is 14.1. The van der Waals surface area contributed by atoms with Crippen molar-refractivity contribution in [1.29, 1.82) is 0 Å². The average Bonchev–Trinajstić information content (AvgIpc) is 2.79. The predicted molar refractivity (Wildman–Crippen MR) is 80.6 cm³/mol. The van der Waals surface area contributed by atoms with Gasteiger partial charge in [-0.15, -0.1) is 0 Å². The van der Waals surface area contributed by atoms with Crippen molar-refractivity contribution in [3.63, 3.8) is 0 Å². The van der Waals surface area contributed by atoms with Crippen molar-refractivity contribution < 1.29 is 9.15 Å². The summed E-state index contributed by atoms with van der Waals surface area (Å²) in [4.78, 5) is 2.43. The number of hydrogen-bond donors (Lipinski definition) is 1. The summed E-state index contributed by atoms with van der Waals surface area (Å²) in [5.74, 6) is 2.73. The van der Waals surface area contributed by atoms with Gasteiger partial charge in [-0.05, 0) is 38.4 Å². The lowest BCUT2D eigenvalue weighted by molar-refractivity contribution is -0.0578. The Morgan fingerprint density at radius 1 is 1.30 bits per heavy atom. The zero-order valence-corrected chi connectivity index (χ0v) is 13.2. The molecule has 114 valence electrons. The highest BCUT2D eigenvalue weighted by atomic mass is 16.5. The Labute approximate surface area is 122 Å². The number of nitrogens with one attached hydrogen (secondary N) is 1. The zero-order chi connectivity index (χ0) is 14.6. The summed E-state index contributed by atoms with van der Waals surface area (Å²) in [7, 11) is 0. The normalized spacial score (nSPS) is 19.6. The first-order valence-corrected chi connectivity index (χ1v) is 7.58. The van der Waals surface area contributed by atoms with E-state index in [1.807, 2.05) is 0 Å². The van der Waals surface area contributed by atoms with Gasteiger partial charge in [-0.25, -0.2) is 0 Å². The smallest absolute Gasteiger partial charge is 0.118 e. The highest BCUT2D eigenvalue weighted by Gasteiger charge is 2.30. The molecule has 4 nitrogen and oxygen atoms in total. The second-order valence-corrected chi connectivity index (χ2v) is 6.68. The summed E-state index contributed by atoms with van der Waals surface area (Å²) in [6.07, 6.45) is 0. The molecule has 20 heavy (non-hydrogen) atoms. The van der Waals surface area contributed by atoms with Gasteiger partial charge < -0.3 is 14.5 Å². The van der Waals surface area contributed by atoms with E-state index < -0.39 is 0 Å². The summed E-state index contributed by atoms with van der Waals surface area (Å²) < 4.78 is 11.5. The third kappa shape index (κ3) is 4.33. The largest absolute Gasteiger partial charge is 0.463 e. The second-order valence-electron chi connectivity index (χ2n) is 6.68. The molecule has 4 heteroatoms. The zero-order valence-electron chi connectivity index (χ0n) is 13.2. The van der Waals surface area contributed by atoms with E-state index in [1.54, 1.807) is 0 Å². The van der Waals surface area contributed by atoms with Crippen LogP contribution >= 0.6 is 0 Å². The minimum atomic E-state index is 0.0844. The highest BCUT2D eigenvalue weighted by Crippen LogP contribution is 2.22. The molecule has 1 aliphatic rings. The molecule has 0 amide bonds. The predicted octanol–water partition coefficient (Wildman–Crippen LogP) is 2.64. The fourth-order valence-corrected chi connectivity index (χ4v) is 2.46. The van der Waals surface area contributed by atoms with E-state index in [1.165, 1.54) is 0 Å². The number of nitrogens with zero attached hydrogens (tertiary/aromatic N) is 1. The van der Waals surface area contributed by atoms with E-state index in [9.17, 15) is 0 Å². The summed E-state index contributed by atoms with van der Waals surface area (Å²) in [6, 6.07) is 4.17. The first-order chi connectivity index (χ1) is 9.47. The van der Waals surface area contributed by atoms with Gasteiger partial charge in [-0.2, -0.15) is 0 Å². The molecule has 0 atom stereocenters. The molecule has 0 radical (unpaired) electrons. The van der Waals surface area contributed by atoms with Gasteiger partial charge in [0.25, 0.3) is 0 Å². The molecular weight excluding hydrogens is 252 g/mol. The molecule has 1 aromatic heterocycles. The van der Waals surface area contributed by atoms with E-state index in [0.29, 0.717) is 5.92 Å². The van der Waals surface area contributed by atoms with E-state index in [2.05, 4.69) is 50.0 Å². The maximum absolute atomic E-state index is 5.92. The van der Waals surface area contributed by atoms with Crippen molar-refractivity contribution in [2.24, 2.45) is 5.92 Å². The van der Waals surface area contributed by atoms with Crippen LogP contribution in [0, 0.1) is 5.92 Å². The lowest BCUT2D eigenvalue weighted by Gasteiger charge is -2.41. The number of rotatable bonds is 6. The van der Waals surface area contributed by atoms with Crippen LogP contribution in [0.15, 0.2) is 16.5 Å². The van der Waals surface area contributed by atoms with Gasteiger partial charge in [0.15, 0.2) is 0 Å². The molecule has 0 unspecified atom stereocenters. The molecule has 2 rings (SSSR count). The maximum Gasteiger partial charge on any atom is 0.118 e. The van der Waals surface area contributed by atoms with Crippen LogP contribution in [-0.4, -0.2) is 36.7 Å². The average molecular weight is 280 g/mol. The monoisotopic (exact) mass is 280 g/mol. The van der Waals surface area contributed by atoms with Crippen molar-refractivity contribution in [3.8, 4) is 0 Å². The Balaban J connectivity index is 1.85. The third-order valence-electron chi connectivity index (χ3n) is 3.73. The molecule has 2 heterocycles. The molecule has 1 N–H and O–H groups in total. The number of hydrogen-bond acceptors (Lipinski definition) is 4. The molecule has 0 bridgehead atoms. The maximum atomic E-state index is 5.92. The Morgan fingerprint density at radius 3 is 2.75 bits per heavy atom. The summed E-state index contributed by atoms with van der Waals surface area (Å²) >= 11 is 0.